The second-order valence-electron chi connectivity index (χ2n) is 6.42. The van der Waals surface area contributed by atoms with Crippen LogP contribution in [-0.4, -0.2) is 46.6 Å². The summed E-state index contributed by atoms with van der Waals surface area (Å²) in [7, 11) is 0. The van der Waals surface area contributed by atoms with E-state index in [-0.39, 0.29) is 5.91 Å². The van der Waals surface area contributed by atoms with Gasteiger partial charge in [0.25, 0.3) is 5.91 Å². The molecule has 2 aliphatic rings. The highest BCUT2D eigenvalue weighted by Crippen LogP contribution is 2.31. The highest BCUT2D eigenvalue weighted by atomic mass is 16.5. The number of amides is 1. The van der Waals surface area contributed by atoms with Crippen LogP contribution in [0.4, 0.5) is 0 Å². The number of benzene rings is 1. The van der Waals surface area contributed by atoms with E-state index in [9.17, 15) is 4.79 Å². The molecule has 6 heteroatoms. The van der Waals surface area contributed by atoms with Gasteiger partial charge in [0.2, 0.25) is 12.2 Å². The molecule has 1 amide bonds. The highest BCUT2D eigenvalue weighted by Gasteiger charge is 2.34. The second-order valence-corrected chi connectivity index (χ2v) is 6.42. The van der Waals surface area contributed by atoms with Crippen LogP contribution in [0.25, 0.3) is 11.4 Å². The Morgan fingerprint density at radius 1 is 1.26 bits per heavy atom. The van der Waals surface area contributed by atoms with Crippen molar-refractivity contribution in [3.05, 3.63) is 36.2 Å². The summed E-state index contributed by atoms with van der Waals surface area (Å²) in [6, 6.07) is 8.10. The zero-order valence-electron chi connectivity index (χ0n) is 12.9. The number of carbonyl (C=O) groups excluding carboxylic acids is 1. The topological polar surface area (TPSA) is 71.3 Å². The van der Waals surface area contributed by atoms with Gasteiger partial charge >= 0.3 is 0 Å². The van der Waals surface area contributed by atoms with Gasteiger partial charge in [-0.05, 0) is 43.9 Å². The number of hydrogen-bond acceptors (Lipinski definition) is 5. The zero-order valence-corrected chi connectivity index (χ0v) is 12.9. The van der Waals surface area contributed by atoms with Crippen LogP contribution < -0.4 is 5.32 Å². The summed E-state index contributed by atoms with van der Waals surface area (Å²) < 4.78 is 4.73. The maximum atomic E-state index is 12.3. The van der Waals surface area contributed by atoms with E-state index in [1.54, 1.807) is 12.1 Å². The number of nitrogens with one attached hydrogen (secondary N) is 1. The molecule has 1 unspecified atom stereocenters. The molecule has 1 aromatic heterocycles. The first-order valence-electron chi connectivity index (χ1n) is 8.18. The largest absolute Gasteiger partial charge is 0.352 e. The number of aromatic nitrogens is 2. The van der Waals surface area contributed by atoms with Crippen LogP contribution in [0.1, 0.15) is 29.6 Å². The van der Waals surface area contributed by atoms with E-state index in [2.05, 4.69) is 20.4 Å². The van der Waals surface area contributed by atoms with Crippen molar-refractivity contribution in [2.24, 2.45) is 5.92 Å². The lowest BCUT2D eigenvalue weighted by molar-refractivity contribution is 0.0947. The molecule has 1 aliphatic heterocycles. The average molecular weight is 312 g/mol. The lowest BCUT2D eigenvalue weighted by Crippen LogP contribution is -2.31. The monoisotopic (exact) mass is 312 g/mol. The summed E-state index contributed by atoms with van der Waals surface area (Å²) >= 11 is 0. The van der Waals surface area contributed by atoms with E-state index in [1.807, 2.05) is 12.1 Å². The summed E-state index contributed by atoms with van der Waals surface area (Å²) in [6.07, 6.45) is 5.19. The smallest absolute Gasteiger partial charge is 0.251 e. The van der Waals surface area contributed by atoms with Crippen molar-refractivity contribution >= 4 is 5.91 Å². The lowest BCUT2D eigenvalue weighted by Gasteiger charge is -2.15. The van der Waals surface area contributed by atoms with Gasteiger partial charge in [0.05, 0.1) is 0 Å². The predicted molar refractivity (Wildman–Crippen MR) is 84.8 cm³/mol. The fourth-order valence-corrected chi connectivity index (χ4v) is 3.21. The minimum atomic E-state index is -0.0190. The number of likely N-dealkylation sites (tertiary alicyclic amines) is 1. The number of rotatable bonds is 5. The van der Waals surface area contributed by atoms with Crippen LogP contribution in [-0.2, 0) is 0 Å². The molecule has 23 heavy (non-hydrogen) atoms. The number of nitrogens with zero attached hydrogens (tertiary/aromatic N) is 3. The Bertz CT molecular complexity index is 664. The SMILES string of the molecule is O=C(NCC1CCN(C2CC2)C1)c1ccc(-c2ncon2)cc1. The summed E-state index contributed by atoms with van der Waals surface area (Å²) in [5, 5.41) is 6.84. The third-order valence-corrected chi connectivity index (χ3v) is 4.70. The van der Waals surface area contributed by atoms with Gasteiger partial charge in [0.15, 0.2) is 0 Å². The van der Waals surface area contributed by atoms with Crippen molar-refractivity contribution in [3.8, 4) is 11.4 Å². The molecule has 4 rings (SSSR count). The second kappa shape index (κ2) is 6.12. The quantitative estimate of drug-likeness (QED) is 0.913. The zero-order chi connectivity index (χ0) is 15.6. The normalized spacial score (nSPS) is 21.5. The van der Waals surface area contributed by atoms with Crippen LogP contribution in [0.2, 0.25) is 0 Å². The Balaban J connectivity index is 1.30. The summed E-state index contributed by atoms with van der Waals surface area (Å²) in [4.78, 5) is 18.8. The minimum absolute atomic E-state index is 0.0190. The Morgan fingerprint density at radius 3 is 2.78 bits per heavy atom. The fourth-order valence-electron chi connectivity index (χ4n) is 3.21. The van der Waals surface area contributed by atoms with Gasteiger partial charge in [0, 0.05) is 30.3 Å². The molecule has 0 radical (unpaired) electrons. The molecule has 0 bridgehead atoms. The van der Waals surface area contributed by atoms with Gasteiger partial charge in [-0.2, -0.15) is 4.98 Å². The molecule has 1 N–H and O–H groups in total. The maximum Gasteiger partial charge on any atom is 0.251 e. The van der Waals surface area contributed by atoms with Crippen molar-refractivity contribution in [2.45, 2.75) is 25.3 Å². The van der Waals surface area contributed by atoms with Crippen LogP contribution in [0, 0.1) is 5.92 Å². The van der Waals surface area contributed by atoms with E-state index in [0.717, 1.165) is 24.7 Å². The standard InChI is InChI=1S/C17H20N4O2/c22-17(18-9-12-7-8-21(10-12)15-5-6-15)14-3-1-13(2-4-14)16-19-11-23-20-16/h1-4,11-12,15H,5-10H2,(H,18,22). The third-order valence-electron chi connectivity index (χ3n) is 4.70. The third kappa shape index (κ3) is 3.27. The first-order valence-corrected chi connectivity index (χ1v) is 8.18. The molecule has 120 valence electrons. The Kier molecular flexibility index (Phi) is 3.83. The highest BCUT2D eigenvalue weighted by molar-refractivity contribution is 5.94. The Morgan fingerprint density at radius 2 is 2.09 bits per heavy atom. The van der Waals surface area contributed by atoms with Crippen molar-refractivity contribution in [2.75, 3.05) is 19.6 Å². The molecule has 1 aliphatic carbocycles. The summed E-state index contributed by atoms with van der Waals surface area (Å²) in [5.74, 6) is 1.09. The molecule has 2 heterocycles. The predicted octanol–water partition coefficient (Wildman–Crippen LogP) is 1.95. The molecule has 1 atom stereocenters. The fraction of sp³-hybridized carbons (Fsp3) is 0.471. The van der Waals surface area contributed by atoms with Gasteiger partial charge in [-0.1, -0.05) is 17.3 Å². The van der Waals surface area contributed by atoms with Crippen LogP contribution >= 0.6 is 0 Å². The van der Waals surface area contributed by atoms with E-state index in [1.165, 1.54) is 32.2 Å². The molecule has 2 fully saturated rings. The maximum absolute atomic E-state index is 12.3. The van der Waals surface area contributed by atoms with Crippen molar-refractivity contribution in [3.63, 3.8) is 0 Å². The molecule has 6 nitrogen and oxygen atoms in total. The van der Waals surface area contributed by atoms with Crippen LogP contribution in [0.5, 0.6) is 0 Å². The van der Waals surface area contributed by atoms with Crippen LogP contribution in [0.15, 0.2) is 35.2 Å². The minimum Gasteiger partial charge on any atom is -0.352 e. The van der Waals surface area contributed by atoms with E-state index in [0.29, 0.717) is 17.3 Å². The Hall–Kier alpha value is -2.21. The van der Waals surface area contributed by atoms with Crippen molar-refractivity contribution < 1.29 is 9.32 Å². The van der Waals surface area contributed by atoms with Crippen molar-refractivity contribution in [1.82, 2.24) is 20.4 Å². The van der Waals surface area contributed by atoms with Gasteiger partial charge in [-0.15, -0.1) is 0 Å². The van der Waals surface area contributed by atoms with Crippen LogP contribution in [0.3, 0.4) is 0 Å². The molecule has 0 spiro atoms. The summed E-state index contributed by atoms with van der Waals surface area (Å²) in [5.41, 5.74) is 1.50. The van der Waals surface area contributed by atoms with Gasteiger partial charge in [-0.25, -0.2) is 0 Å². The number of carbonyl (C=O) groups is 1. The van der Waals surface area contributed by atoms with Gasteiger partial charge < -0.3 is 14.7 Å². The van der Waals surface area contributed by atoms with Gasteiger partial charge in [0.1, 0.15) is 0 Å². The molecular weight excluding hydrogens is 292 g/mol. The first kappa shape index (κ1) is 14.4. The first-order chi connectivity index (χ1) is 11.3. The molecule has 2 aromatic rings. The van der Waals surface area contributed by atoms with Crippen molar-refractivity contribution in [1.29, 1.82) is 0 Å². The molecular formula is C17H20N4O2. The Labute approximate surface area is 134 Å². The number of hydrogen-bond donors (Lipinski definition) is 1. The van der Waals surface area contributed by atoms with E-state index in [4.69, 9.17) is 4.52 Å². The lowest BCUT2D eigenvalue weighted by atomic mass is 10.1. The molecule has 1 saturated carbocycles. The average Bonchev–Trinajstić information content (AvgIpc) is 3.11. The van der Waals surface area contributed by atoms with Gasteiger partial charge in [-0.3, -0.25) is 4.79 Å². The molecule has 1 aromatic carbocycles. The summed E-state index contributed by atoms with van der Waals surface area (Å²) in [6.45, 7) is 3.07. The van der Waals surface area contributed by atoms with E-state index >= 15 is 0 Å². The van der Waals surface area contributed by atoms with E-state index < -0.39 is 0 Å². The molecule has 1 saturated heterocycles.